The van der Waals surface area contributed by atoms with Crippen molar-refractivity contribution in [3.05, 3.63) is 29.3 Å². The number of likely N-dealkylation sites (tertiary alicyclic amines) is 1. The van der Waals surface area contributed by atoms with Crippen LogP contribution in [0.15, 0.2) is 18.2 Å². The third-order valence-electron chi connectivity index (χ3n) is 4.04. The molecule has 0 spiro atoms. The molecule has 2 atom stereocenters. The molecule has 2 unspecified atom stereocenters. The summed E-state index contributed by atoms with van der Waals surface area (Å²) in [5.74, 6) is 0.899. The second-order valence-electron chi connectivity index (χ2n) is 5.46. The van der Waals surface area contributed by atoms with Crippen LogP contribution < -0.4 is 4.74 Å². The fourth-order valence-electron chi connectivity index (χ4n) is 3.12. The molecule has 0 aromatic heterocycles. The van der Waals surface area contributed by atoms with Gasteiger partial charge in [-0.15, -0.1) is 0 Å². The Bertz CT molecular complexity index is 437. The topological polar surface area (TPSA) is 41.9 Å². The summed E-state index contributed by atoms with van der Waals surface area (Å²) in [4.78, 5) is 2.44. The average molecular weight is 263 g/mol. The smallest absolute Gasteiger partial charge is 0.123 e. The summed E-state index contributed by atoms with van der Waals surface area (Å²) in [6.07, 6.45) is 3.20. The van der Waals surface area contributed by atoms with Gasteiger partial charge in [0.1, 0.15) is 5.75 Å². The van der Waals surface area contributed by atoms with Crippen LogP contribution in [-0.4, -0.2) is 42.4 Å². The Morgan fingerprint density at radius 1 is 1.32 bits per heavy atom. The highest BCUT2D eigenvalue weighted by Crippen LogP contribution is 2.29. The lowest BCUT2D eigenvalue weighted by molar-refractivity contribution is -0.0412. The van der Waals surface area contributed by atoms with Crippen LogP contribution in [0, 0.1) is 0 Å². The molecule has 1 aromatic rings. The molecule has 1 aromatic carbocycles. The number of aliphatic hydroxyl groups is 1. The summed E-state index contributed by atoms with van der Waals surface area (Å²) >= 11 is 0. The minimum absolute atomic E-state index is 0.0748. The van der Waals surface area contributed by atoms with Crippen molar-refractivity contribution in [2.24, 2.45) is 0 Å². The quantitative estimate of drug-likeness (QED) is 0.895. The van der Waals surface area contributed by atoms with Gasteiger partial charge in [-0.2, -0.15) is 0 Å². The second-order valence-corrected chi connectivity index (χ2v) is 5.46. The van der Waals surface area contributed by atoms with Crippen LogP contribution >= 0.6 is 0 Å². The molecular formula is C15H21NO3. The van der Waals surface area contributed by atoms with E-state index >= 15 is 0 Å². The summed E-state index contributed by atoms with van der Waals surface area (Å²) in [5.41, 5.74) is 2.09. The summed E-state index contributed by atoms with van der Waals surface area (Å²) in [7, 11) is 1.69. The summed E-state index contributed by atoms with van der Waals surface area (Å²) < 4.78 is 11.3. The zero-order chi connectivity index (χ0) is 13.2. The van der Waals surface area contributed by atoms with Crippen molar-refractivity contribution in [3.63, 3.8) is 0 Å². The molecule has 2 fully saturated rings. The first kappa shape index (κ1) is 12.9. The Morgan fingerprint density at radius 2 is 2.05 bits per heavy atom. The highest BCUT2D eigenvalue weighted by Gasteiger charge is 2.33. The molecule has 1 N–H and O–H groups in total. The Kier molecular flexibility index (Phi) is 3.73. The highest BCUT2D eigenvalue weighted by molar-refractivity contribution is 5.37. The van der Waals surface area contributed by atoms with E-state index in [0.717, 1.165) is 36.5 Å². The summed E-state index contributed by atoms with van der Waals surface area (Å²) in [6, 6.07) is 5.89. The van der Waals surface area contributed by atoms with Crippen LogP contribution in [0.25, 0.3) is 0 Å². The van der Waals surface area contributed by atoms with E-state index in [1.54, 1.807) is 7.11 Å². The molecule has 2 heterocycles. The van der Waals surface area contributed by atoms with E-state index in [4.69, 9.17) is 9.47 Å². The van der Waals surface area contributed by atoms with Crippen molar-refractivity contribution in [3.8, 4) is 5.75 Å². The maximum absolute atomic E-state index is 9.25. The van der Waals surface area contributed by atoms with Crippen LogP contribution in [0.2, 0.25) is 0 Å². The van der Waals surface area contributed by atoms with Gasteiger partial charge in [0.2, 0.25) is 0 Å². The zero-order valence-corrected chi connectivity index (χ0v) is 11.3. The average Bonchev–Trinajstić information content (AvgIpc) is 2.78. The fourth-order valence-corrected chi connectivity index (χ4v) is 3.12. The van der Waals surface area contributed by atoms with Crippen molar-refractivity contribution in [2.45, 2.75) is 38.2 Å². The SMILES string of the molecule is COc1ccc(CO)cc1CN1CC2CCC(C1)O2. The first-order chi connectivity index (χ1) is 9.28. The largest absolute Gasteiger partial charge is 0.496 e. The van der Waals surface area contributed by atoms with E-state index in [0.29, 0.717) is 12.2 Å². The van der Waals surface area contributed by atoms with E-state index in [1.165, 1.54) is 12.8 Å². The molecule has 0 radical (unpaired) electrons. The lowest BCUT2D eigenvalue weighted by Gasteiger charge is -2.32. The molecule has 104 valence electrons. The van der Waals surface area contributed by atoms with E-state index in [-0.39, 0.29) is 6.61 Å². The van der Waals surface area contributed by atoms with Gasteiger partial charge in [-0.05, 0) is 30.5 Å². The number of ether oxygens (including phenoxy) is 2. The van der Waals surface area contributed by atoms with E-state index in [9.17, 15) is 5.11 Å². The van der Waals surface area contributed by atoms with Crippen LogP contribution in [0.1, 0.15) is 24.0 Å². The molecular weight excluding hydrogens is 242 g/mol. The van der Waals surface area contributed by atoms with Gasteiger partial charge in [-0.3, -0.25) is 4.90 Å². The third kappa shape index (κ3) is 2.76. The number of nitrogens with zero attached hydrogens (tertiary/aromatic N) is 1. The Hall–Kier alpha value is -1.10. The van der Waals surface area contributed by atoms with Crippen LogP contribution in [0.5, 0.6) is 5.75 Å². The molecule has 0 saturated carbocycles. The minimum Gasteiger partial charge on any atom is -0.496 e. The lowest BCUT2D eigenvalue weighted by Crippen LogP contribution is -2.42. The summed E-state index contributed by atoms with van der Waals surface area (Å²) in [5, 5.41) is 9.25. The first-order valence-corrected chi connectivity index (χ1v) is 6.93. The van der Waals surface area contributed by atoms with Crippen LogP contribution in [0.4, 0.5) is 0 Å². The molecule has 2 bridgehead atoms. The van der Waals surface area contributed by atoms with Gasteiger partial charge in [-0.25, -0.2) is 0 Å². The van der Waals surface area contributed by atoms with Gasteiger partial charge in [-0.1, -0.05) is 6.07 Å². The molecule has 2 aliphatic rings. The molecule has 2 saturated heterocycles. The lowest BCUT2D eigenvalue weighted by atomic mass is 10.1. The minimum atomic E-state index is 0.0748. The second kappa shape index (κ2) is 5.49. The highest BCUT2D eigenvalue weighted by atomic mass is 16.5. The van der Waals surface area contributed by atoms with Gasteiger partial charge in [0, 0.05) is 25.2 Å². The van der Waals surface area contributed by atoms with Crippen molar-refractivity contribution in [1.82, 2.24) is 4.90 Å². The number of benzene rings is 1. The van der Waals surface area contributed by atoms with E-state index in [2.05, 4.69) is 4.90 Å². The predicted molar refractivity (Wildman–Crippen MR) is 72.1 cm³/mol. The maximum atomic E-state index is 9.25. The van der Waals surface area contributed by atoms with Gasteiger partial charge in [0.15, 0.2) is 0 Å². The molecule has 19 heavy (non-hydrogen) atoms. The molecule has 0 amide bonds. The van der Waals surface area contributed by atoms with Gasteiger partial charge >= 0.3 is 0 Å². The molecule has 4 nitrogen and oxygen atoms in total. The summed E-state index contributed by atoms with van der Waals surface area (Å²) in [6.45, 7) is 2.95. The Balaban J connectivity index is 1.74. The van der Waals surface area contributed by atoms with Crippen LogP contribution in [-0.2, 0) is 17.9 Å². The Morgan fingerprint density at radius 3 is 2.68 bits per heavy atom. The first-order valence-electron chi connectivity index (χ1n) is 6.93. The molecule has 0 aliphatic carbocycles. The monoisotopic (exact) mass is 263 g/mol. The zero-order valence-electron chi connectivity index (χ0n) is 11.3. The number of morpholine rings is 1. The number of hydrogen-bond acceptors (Lipinski definition) is 4. The number of aliphatic hydroxyl groups excluding tert-OH is 1. The van der Waals surface area contributed by atoms with E-state index in [1.807, 2.05) is 18.2 Å². The van der Waals surface area contributed by atoms with Gasteiger partial charge < -0.3 is 14.6 Å². The number of hydrogen-bond donors (Lipinski definition) is 1. The van der Waals surface area contributed by atoms with Crippen molar-refractivity contribution < 1.29 is 14.6 Å². The maximum Gasteiger partial charge on any atom is 0.123 e. The molecule has 2 aliphatic heterocycles. The third-order valence-corrected chi connectivity index (χ3v) is 4.04. The van der Waals surface area contributed by atoms with Crippen molar-refractivity contribution in [2.75, 3.05) is 20.2 Å². The Labute approximate surface area is 113 Å². The number of fused-ring (bicyclic) bond motifs is 2. The number of rotatable bonds is 4. The molecule has 4 heteroatoms. The van der Waals surface area contributed by atoms with Crippen molar-refractivity contribution in [1.29, 1.82) is 0 Å². The fraction of sp³-hybridized carbons (Fsp3) is 0.600. The van der Waals surface area contributed by atoms with Crippen LogP contribution in [0.3, 0.4) is 0 Å². The standard InChI is InChI=1S/C15H21NO3/c1-18-15-5-2-11(10-17)6-12(15)7-16-8-13-3-4-14(9-16)19-13/h2,5-6,13-14,17H,3-4,7-10H2,1H3. The van der Waals surface area contributed by atoms with Gasteiger partial charge in [0.05, 0.1) is 25.9 Å². The van der Waals surface area contributed by atoms with Crippen molar-refractivity contribution >= 4 is 0 Å². The number of methoxy groups -OCH3 is 1. The molecule has 3 rings (SSSR count). The van der Waals surface area contributed by atoms with Gasteiger partial charge in [0.25, 0.3) is 0 Å². The normalized spacial score (nSPS) is 26.6. The van der Waals surface area contributed by atoms with E-state index < -0.39 is 0 Å². The predicted octanol–water partition coefficient (Wildman–Crippen LogP) is 1.55.